The lowest BCUT2D eigenvalue weighted by atomic mass is 9.90. The predicted octanol–water partition coefficient (Wildman–Crippen LogP) is 3.11. The monoisotopic (exact) mass is 391 g/mol. The SMILES string of the molecule is N#CC1CSCN1CCN(N=O)C1CCC(NCc2ccc(F)cc2)CC1. The number of nitrogens with zero attached hydrogens (tertiary/aromatic N) is 4. The summed E-state index contributed by atoms with van der Waals surface area (Å²) in [7, 11) is 0. The first-order valence-corrected chi connectivity index (χ1v) is 10.6. The minimum atomic E-state index is -0.214. The zero-order valence-corrected chi connectivity index (χ0v) is 16.2. The van der Waals surface area contributed by atoms with Crippen LogP contribution >= 0.6 is 11.8 Å². The number of nitriles is 1. The van der Waals surface area contributed by atoms with Gasteiger partial charge in [0.1, 0.15) is 11.9 Å². The van der Waals surface area contributed by atoms with Gasteiger partial charge in [0.25, 0.3) is 0 Å². The Labute approximate surface area is 164 Å². The van der Waals surface area contributed by atoms with Crippen LogP contribution in [0.15, 0.2) is 29.6 Å². The van der Waals surface area contributed by atoms with Crippen molar-refractivity contribution in [3.8, 4) is 6.07 Å². The fourth-order valence-electron chi connectivity index (χ4n) is 3.78. The lowest BCUT2D eigenvalue weighted by Crippen LogP contribution is -2.43. The van der Waals surface area contributed by atoms with Gasteiger partial charge in [-0.1, -0.05) is 12.1 Å². The summed E-state index contributed by atoms with van der Waals surface area (Å²) in [4.78, 5) is 13.4. The van der Waals surface area contributed by atoms with Crippen molar-refractivity contribution in [1.29, 1.82) is 5.26 Å². The molecule has 1 N–H and O–H groups in total. The summed E-state index contributed by atoms with van der Waals surface area (Å²) in [5, 5.41) is 17.6. The molecule has 1 unspecified atom stereocenters. The molecule has 3 rings (SSSR count). The Morgan fingerprint density at radius 1 is 1.30 bits per heavy atom. The Balaban J connectivity index is 1.39. The van der Waals surface area contributed by atoms with Gasteiger partial charge in [-0.05, 0) is 43.4 Å². The average molecular weight is 392 g/mol. The molecule has 0 bridgehead atoms. The van der Waals surface area contributed by atoms with E-state index in [0.29, 0.717) is 19.1 Å². The van der Waals surface area contributed by atoms with Crippen molar-refractivity contribution in [1.82, 2.24) is 15.2 Å². The third kappa shape index (κ3) is 5.64. The molecule has 8 heteroatoms. The third-order valence-electron chi connectivity index (χ3n) is 5.47. The van der Waals surface area contributed by atoms with Crippen LogP contribution in [0, 0.1) is 22.1 Å². The Bertz CT molecular complexity index is 644. The highest BCUT2D eigenvalue weighted by Crippen LogP contribution is 2.25. The lowest BCUT2D eigenvalue weighted by molar-refractivity contribution is 0.128. The van der Waals surface area contributed by atoms with Crippen LogP contribution in [0.5, 0.6) is 0 Å². The van der Waals surface area contributed by atoms with Crippen molar-refractivity contribution in [3.63, 3.8) is 0 Å². The van der Waals surface area contributed by atoms with E-state index >= 15 is 0 Å². The molecule has 27 heavy (non-hydrogen) atoms. The Morgan fingerprint density at radius 3 is 2.70 bits per heavy atom. The number of nitroso groups, excluding NO2 is 1. The standard InChI is InChI=1S/C19H26FN5OS/c20-16-3-1-15(2-4-16)12-22-17-5-7-18(8-6-17)25(23-26)10-9-24-14-27-13-19(24)11-21/h1-4,17-19,22H,5-10,12-14H2. The number of benzene rings is 1. The molecule has 1 saturated heterocycles. The lowest BCUT2D eigenvalue weighted by Gasteiger charge is -2.34. The van der Waals surface area contributed by atoms with Gasteiger partial charge < -0.3 is 5.32 Å². The van der Waals surface area contributed by atoms with Crippen molar-refractivity contribution in [2.45, 2.75) is 50.4 Å². The van der Waals surface area contributed by atoms with Gasteiger partial charge in [-0.2, -0.15) is 5.26 Å². The summed E-state index contributed by atoms with van der Waals surface area (Å²) in [5.74, 6) is 1.48. The quantitative estimate of drug-likeness (QED) is 0.542. The van der Waals surface area contributed by atoms with E-state index in [2.05, 4.69) is 21.6 Å². The number of rotatable bonds is 8. The minimum absolute atomic E-state index is 0.0464. The fourth-order valence-corrected chi connectivity index (χ4v) is 4.94. The number of nitrogens with one attached hydrogen (secondary N) is 1. The molecule has 0 amide bonds. The Morgan fingerprint density at radius 2 is 2.04 bits per heavy atom. The molecule has 2 aliphatic rings. The van der Waals surface area contributed by atoms with Crippen LogP contribution in [-0.2, 0) is 6.54 Å². The number of hydrogen-bond acceptors (Lipinski definition) is 6. The molecule has 0 aromatic heterocycles. The highest BCUT2D eigenvalue weighted by Gasteiger charge is 2.28. The van der Waals surface area contributed by atoms with Gasteiger partial charge >= 0.3 is 0 Å². The van der Waals surface area contributed by atoms with Crippen LogP contribution in [0.25, 0.3) is 0 Å². The van der Waals surface area contributed by atoms with Crippen LogP contribution in [0.4, 0.5) is 4.39 Å². The van der Waals surface area contributed by atoms with E-state index in [1.165, 1.54) is 12.1 Å². The highest BCUT2D eigenvalue weighted by atomic mass is 32.2. The van der Waals surface area contributed by atoms with E-state index in [1.54, 1.807) is 28.9 Å². The predicted molar refractivity (Wildman–Crippen MR) is 105 cm³/mol. The average Bonchev–Trinajstić information content (AvgIpc) is 3.16. The second-order valence-corrected chi connectivity index (χ2v) is 8.21. The van der Waals surface area contributed by atoms with Gasteiger partial charge in [0.05, 0.1) is 23.9 Å². The van der Waals surface area contributed by atoms with Crippen molar-refractivity contribution in [2.24, 2.45) is 5.29 Å². The first kappa shape index (κ1) is 20.1. The maximum atomic E-state index is 13.0. The smallest absolute Gasteiger partial charge is 0.123 e. The van der Waals surface area contributed by atoms with Gasteiger partial charge in [-0.25, -0.2) is 4.39 Å². The van der Waals surface area contributed by atoms with E-state index < -0.39 is 0 Å². The van der Waals surface area contributed by atoms with E-state index in [4.69, 9.17) is 5.26 Å². The number of halogens is 1. The zero-order chi connectivity index (χ0) is 19.1. The van der Waals surface area contributed by atoms with Crippen molar-refractivity contribution in [2.75, 3.05) is 24.7 Å². The van der Waals surface area contributed by atoms with E-state index in [9.17, 15) is 9.30 Å². The summed E-state index contributed by atoms with van der Waals surface area (Å²) in [6, 6.07) is 9.44. The molecule has 1 saturated carbocycles. The molecule has 1 atom stereocenters. The maximum absolute atomic E-state index is 13.0. The van der Waals surface area contributed by atoms with E-state index in [-0.39, 0.29) is 17.9 Å². The first-order chi connectivity index (χ1) is 13.2. The molecule has 1 aliphatic heterocycles. The molecule has 1 aromatic rings. The van der Waals surface area contributed by atoms with E-state index in [0.717, 1.165) is 49.4 Å². The van der Waals surface area contributed by atoms with Gasteiger partial charge in [0.2, 0.25) is 0 Å². The normalized spacial score (nSPS) is 25.9. The van der Waals surface area contributed by atoms with Crippen LogP contribution in [-0.4, -0.2) is 52.8 Å². The zero-order valence-electron chi connectivity index (χ0n) is 15.4. The van der Waals surface area contributed by atoms with E-state index in [1.807, 2.05) is 0 Å². The summed E-state index contributed by atoms with van der Waals surface area (Å²) < 4.78 is 13.0. The summed E-state index contributed by atoms with van der Waals surface area (Å²) in [6.45, 7) is 2.02. The summed E-state index contributed by atoms with van der Waals surface area (Å²) in [6.07, 6.45) is 3.86. The second kappa shape index (κ2) is 10.0. The van der Waals surface area contributed by atoms with Gasteiger partial charge in [-0.15, -0.1) is 16.7 Å². The first-order valence-electron chi connectivity index (χ1n) is 9.48. The highest BCUT2D eigenvalue weighted by molar-refractivity contribution is 7.99. The molecule has 1 aromatic carbocycles. The third-order valence-corrected chi connectivity index (χ3v) is 6.54. The molecular formula is C19H26FN5OS. The summed E-state index contributed by atoms with van der Waals surface area (Å²) in [5.41, 5.74) is 1.07. The van der Waals surface area contributed by atoms with Gasteiger partial charge in [0.15, 0.2) is 0 Å². The molecule has 0 radical (unpaired) electrons. The molecular weight excluding hydrogens is 365 g/mol. The van der Waals surface area contributed by atoms with Crippen LogP contribution < -0.4 is 5.32 Å². The molecule has 1 heterocycles. The number of hydrogen-bond donors (Lipinski definition) is 1. The molecule has 1 aliphatic carbocycles. The minimum Gasteiger partial charge on any atom is -0.310 e. The van der Waals surface area contributed by atoms with Gasteiger partial charge in [0, 0.05) is 30.8 Å². The second-order valence-electron chi connectivity index (χ2n) is 7.21. The fraction of sp³-hybridized carbons (Fsp3) is 0.632. The Kier molecular flexibility index (Phi) is 7.44. The van der Waals surface area contributed by atoms with Crippen LogP contribution in [0.1, 0.15) is 31.2 Å². The topological polar surface area (TPSA) is 71.7 Å². The van der Waals surface area contributed by atoms with Crippen molar-refractivity contribution in [3.05, 3.63) is 40.6 Å². The van der Waals surface area contributed by atoms with Crippen molar-refractivity contribution < 1.29 is 4.39 Å². The van der Waals surface area contributed by atoms with Crippen LogP contribution in [0.2, 0.25) is 0 Å². The maximum Gasteiger partial charge on any atom is 0.123 e. The molecule has 146 valence electrons. The molecule has 0 spiro atoms. The molecule has 2 fully saturated rings. The van der Waals surface area contributed by atoms with Gasteiger partial charge in [-0.3, -0.25) is 9.91 Å². The molecule has 6 nitrogen and oxygen atoms in total. The van der Waals surface area contributed by atoms with Crippen LogP contribution in [0.3, 0.4) is 0 Å². The largest absolute Gasteiger partial charge is 0.310 e. The van der Waals surface area contributed by atoms with Crippen molar-refractivity contribution >= 4 is 11.8 Å². The Hall–Kier alpha value is -1.69. The summed E-state index contributed by atoms with van der Waals surface area (Å²) >= 11 is 1.76. The number of thioether (sulfide) groups is 1.